The molecule has 1 aliphatic heterocycles. The summed E-state index contributed by atoms with van der Waals surface area (Å²) in [7, 11) is 0. The van der Waals surface area contributed by atoms with Crippen LogP contribution in [0.5, 0.6) is 0 Å². The van der Waals surface area contributed by atoms with Crippen LogP contribution in [-0.4, -0.2) is 28.2 Å². The van der Waals surface area contributed by atoms with Crippen molar-refractivity contribution in [1.82, 2.24) is 9.47 Å². The van der Waals surface area contributed by atoms with Crippen LogP contribution in [0, 0.1) is 24.1 Å². The van der Waals surface area contributed by atoms with E-state index in [0.29, 0.717) is 27.9 Å². The van der Waals surface area contributed by atoms with Crippen molar-refractivity contribution in [1.29, 1.82) is 5.26 Å². The minimum absolute atomic E-state index is 0.0734. The molecule has 30 heavy (non-hydrogen) atoms. The molecule has 1 saturated carbocycles. The van der Waals surface area contributed by atoms with Crippen molar-refractivity contribution in [3.05, 3.63) is 53.0 Å². The van der Waals surface area contributed by atoms with Crippen LogP contribution < -0.4 is 0 Å². The number of allylic oxidation sites excluding steroid dienone is 2. The molecule has 0 radical (unpaired) electrons. The van der Waals surface area contributed by atoms with Crippen LogP contribution in [0.25, 0.3) is 16.6 Å². The van der Waals surface area contributed by atoms with E-state index in [1.165, 1.54) is 11.0 Å². The largest absolute Gasteiger partial charge is 0.408 e. The number of alkyl halides is 3. The summed E-state index contributed by atoms with van der Waals surface area (Å²) in [6.07, 6.45) is 4.43. The summed E-state index contributed by atoms with van der Waals surface area (Å²) in [5, 5.41) is 10.4. The van der Waals surface area contributed by atoms with Gasteiger partial charge in [-0.15, -0.1) is 0 Å². The minimum atomic E-state index is -4.41. The summed E-state index contributed by atoms with van der Waals surface area (Å²) >= 11 is 0. The van der Waals surface area contributed by atoms with Crippen LogP contribution >= 0.6 is 0 Å². The lowest BCUT2D eigenvalue weighted by molar-refractivity contribution is -0.169. The zero-order valence-electron chi connectivity index (χ0n) is 16.9. The van der Waals surface area contributed by atoms with Crippen molar-refractivity contribution in [3.8, 4) is 6.07 Å². The number of rotatable bonds is 3. The molecular weight excluding hydrogens is 394 g/mol. The van der Waals surface area contributed by atoms with E-state index >= 15 is 0 Å². The predicted molar refractivity (Wildman–Crippen MR) is 108 cm³/mol. The zero-order chi connectivity index (χ0) is 21.6. The second-order valence-corrected chi connectivity index (χ2v) is 8.11. The van der Waals surface area contributed by atoms with Crippen molar-refractivity contribution in [2.45, 2.75) is 57.8 Å². The van der Waals surface area contributed by atoms with E-state index in [1.807, 2.05) is 4.57 Å². The maximum Gasteiger partial charge on any atom is 0.408 e. The summed E-state index contributed by atoms with van der Waals surface area (Å²) in [5.41, 5.74) is 2.22. The number of nitriles is 1. The molecule has 2 aromatic rings. The van der Waals surface area contributed by atoms with E-state index in [-0.39, 0.29) is 18.2 Å². The molecule has 0 spiro atoms. The Morgan fingerprint density at radius 2 is 1.90 bits per heavy atom. The Balaban J connectivity index is 2.01. The lowest BCUT2D eigenvalue weighted by Crippen LogP contribution is -2.43. The smallest absolute Gasteiger partial charge is 0.354 e. The highest BCUT2D eigenvalue weighted by atomic mass is 19.4. The van der Waals surface area contributed by atoms with Gasteiger partial charge in [-0.2, -0.15) is 18.4 Å². The summed E-state index contributed by atoms with van der Waals surface area (Å²) in [6.45, 7) is 2.88. The monoisotopic (exact) mass is 417 g/mol. The van der Waals surface area contributed by atoms with Gasteiger partial charge < -0.3 is 9.47 Å². The average molecular weight is 417 g/mol. The van der Waals surface area contributed by atoms with Gasteiger partial charge in [0.2, 0.25) is 0 Å². The molecule has 0 N–H and O–H groups in total. The Morgan fingerprint density at radius 1 is 1.20 bits per heavy atom. The number of aryl methyl sites for hydroxylation is 1. The van der Waals surface area contributed by atoms with Crippen LogP contribution in [0.1, 0.15) is 55.5 Å². The number of aromatic nitrogens is 1. The topological polar surface area (TPSA) is 32.0 Å². The highest BCUT2D eigenvalue weighted by Crippen LogP contribution is 2.42. The van der Waals surface area contributed by atoms with Crippen LogP contribution in [0.3, 0.4) is 0 Å². The molecule has 0 amide bonds. The molecule has 1 aliphatic carbocycles. The van der Waals surface area contributed by atoms with Gasteiger partial charge in [-0.05, 0) is 50.5 Å². The predicted octanol–water partition coefficient (Wildman–Crippen LogP) is 6.24. The van der Waals surface area contributed by atoms with Crippen molar-refractivity contribution in [2.75, 3.05) is 6.54 Å². The number of nitrogens with zero attached hydrogens (tertiary/aromatic N) is 3. The SMILES string of the molecule is Cc1cc2c(cc1F)c(C#N)c(C1=CC=CCN1[C@H](C)C(F)(F)F)n2C1CCCC1. The first-order valence-corrected chi connectivity index (χ1v) is 10.2. The first-order chi connectivity index (χ1) is 14.2. The average Bonchev–Trinajstić information content (AvgIpc) is 3.33. The Morgan fingerprint density at radius 3 is 2.53 bits per heavy atom. The molecule has 4 rings (SSSR count). The van der Waals surface area contributed by atoms with E-state index in [4.69, 9.17) is 0 Å². The molecular formula is C23H23F4N3. The van der Waals surface area contributed by atoms with Crippen molar-refractivity contribution in [2.24, 2.45) is 0 Å². The fraction of sp³-hybridized carbons (Fsp3) is 0.435. The van der Waals surface area contributed by atoms with Gasteiger partial charge in [0.1, 0.15) is 17.9 Å². The number of hydrogen-bond donors (Lipinski definition) is 0. The first-order valence-electron chi connectivity index (χ1n) is 10.2. The Labute approximate surface area is 172 Å². The molecule has 2 heterocycles. The molecule has 158 valence electrons. The van der Waals surface area contributed by atoms with E-state index in [2.05, 4.69) is 6.07 Å². The molecule has 1 atom stereocenters. The van der Waals surface area contributed by atoms with Gasteiger partial charge in [0, 0.05) is 18.0 Å². The highest BCUT2D eigenvalue weighted by molar-refractivity contribution is 5.93. The summed E-state index contributed by atoms with van der Waals surface area (Å²) < 4.78 is 57.2. The Bertz CT molecular complexity index is 1080. The Kier molecular flexibility index (Phi) is 5.13. The summed E-state index contributed by atoms with van der Waals surface area (Å²) in [4.78, 5) is 1.28. The quantitative estimate of drug-likeness (QED) is 0.554. The highest BCUT2D eigenvalue weighted by Gasteiger charge is 2.42. The third kappa shape index (κ3) is 3.28. The van der Waals surface area contributed by atoms with E-state index in [0.717, 1.165) is 32.6 Å². The molecule has 0 saturated heterocycles. The molecule has 7 heteroatoms. The van der Waals surface area contributed by atoms with Gasteiger partial charge in [0.05, 0.1) is 22.5 Å². The molecule has 1 fully saturated rings. The lowest BCUT2D eigenvalue weighted by atomic mass is 10.0. The van der Waals surface area contributed by atoms with Crippen LogP contribution in [0.2, 0.25) is 0 Å². The van der Waals surface area contributed by atoms with Gasteiger partial charge in [-0.1, -0.05) is 25.0 Å². The van der Waals surface area contributed by atoms with Crippen molar-refractivity contribution in [3.63, 3.8) is 0 Å². The number of fused-ring (bicyclic) bond motifs is 1. The number of halogens is 4. The standard InChI is InChI=1S/C23H23F4N3/c1-14-11-21-17(12-19(14)24)18(13-28)22(30(21)16-7-3-4-8-16)20-9-5-6-10-29(20)15(2)23(25,26)27/h5-6,9,11-12,15-16H,3-4,7-8,10H2,1-2H3/t15-/m1/s1. The maximum atomic E-state index is 14.4. The molecule has 1 aromatic heterocycles. The second-order valence-electron chi connectivity index (χ2n) is 8.11. The number of hydrogen-bond acceptors (Lipinski definition) is 2. The normalized spacial score (nSPS) is 18.7. The molecule has 0 bridgehead atoms. The van der Waals surface area contributed by atoms with Gasteiger partial charge in [0.25, 0.3) is 0 Å². The summed E-state index contributed by atoms with van der Waals surface area (Å²) in [5.74, 6) is -0.424. The van der Waals surface area contributed by atoms with E-state index in [1.54, 1.807) is 31.2 Å². The Hall–Kier alpha value is -2.75. The van der Waals surface area contributed by atoms with E-state index in [9.17, 15) is 22.8 Å². The van der Waals surface area contributed by atoms with Gasteiger partial charge in [0.15, 0.2) is 0 Å². The van der Waals surface area contributed by atoms with Gasteiger partial charge in [-0.3, -0.25) is 0 Å². The second kappa shape index (κ2) is 7.50. The minimum Gasteiger partial charge on any atom is -0.354 e. The van der Waals surface area contributed by atoms with Crippen molar-refractivity contribution < 1.29 is 17.6 Å². The summed E-state index contributed by atoms with van der Waals surface area (Å²) in [6, 6.07) is 3.58. The van der Waals surface area contributed by atoms with Crippen LogP contribution in [0.4, 0.5) is 17.6 Å². The maximum absolute atomic E-state index is 14.4. The van der Waals surface area contributed by atoms with Crippen LogP contribution in [0.15, 0.2) is 30.4 Å². The van der Waals surface area contributed by atoms with Crippen LogP contribution in [-0.2, 0) is 0 Å². The lowest BCUT2D eigenvalue weighted by Gasteiger charge is -2.36. The molecule has 1 aromatic carbocycles. The molecule has 2 aliphatic rings. The first kappa shape index (κ1) is 20.5. The zero-order valence-corrected chi connectivity index (χ0v) is 16.9. The number of benzene rings is 1. The van der Waals surface area contributed by atoms with Gasteiger partial charge >= 0.3 is 6.18 Å². The van der Waals surface area contributed by atoms with E-state index < -0.39 is 18.0 Å². The van der Waals surface area contributed by atoms with Gasteiger partial charge in [-0.25, -0.2) is 4.39 Å². The van der Waals surface area contributed by atoms with Crippen molar-refractivity contribution >= 4 is 16.6 Å². The molecule has 3 nitrogen and oxygen atoms in total. The fourth-order valence-corrected chi connectivity index (χ4v) is 4.63. The third-order valence-corrected chi connectivity index (χ3v) is 6.27. The third-order valence-electron chi connectivity index (χ3n) is 6.27. The molecule has 0 unspecified atom stereocenters. The fourth-order valence-electron chi connectivity index (χ4n) is 4.63.